The summed E-state index contributed by atoms with van der Waals surface area (Å²) < 4.78 is 0. The van der Waals surface area contributed by atoms with Crippen molar-refractivity contribution >= 4 is 15.9 Å². The van der Waals surface area contributed by atoms with Crippen LogP contribution in [-0.4, -0.2) is 5.33 Å². The molecule has 0 aromatic heterocycles. The Morgan fingerprint density at radius 3 is 1.95 bits per heavy atom. The minimum absolute atomic E-state index is 0.812. The van der Waals surface area contributed by atoms with E-state index in [4.69, 9.17) is 0 Å². The molecule has 0 nitrogen and oxygen atoms in total. The Labute approximate surface area is 128 Å². The van der Waals surface area contributed by atoms with Crippen LogP contribution in [0.2, 0.25) is 0 Å². The topological polar surface area (TPSA) is 0 Å². The molecule has 2 rings (SSSR count). The maximum absolute atomic E-state index is 4.22. The van der Waals surface area contributed by atoms with Gasteiger partial charge in [-0.15, -0.1) is 0 Å². The molecule has 0 N–H and O–H groups in total. The predicted molar refractivity (Wildman–Crippen MR) is 88.7 cm³/mol. The van der Waals surface area contributed by atoms with Crippen molar-refractivity contribution < 1.29 is 0 Å². The number of allylic oxidation sites excluding steroid dienone is 1. The van der Waals surface area contributed by atoms with Crippen LogP contribution in [0.25, 0.3) is 0 Å². The summed E-state index contributed by atoms with van der Waals surface area (Å²) in [5.41, 5.74) is 1.44. The fourth-order valence-electron chi connectivity index (χ4n) is 4.46. The van der Waals surface area contributed by atoms with E-state index in [1.165, 1.54) is 69.8 Å². The van der Waals surface area contributed by atoms with Crippen LogP contribution < -0.4 is 0 Å². The molecule has 19 heavy (non-hydrogen) atoms. The second-order valence-corrected chi connectivity index (χ2v) is 7.53. The highest BCUT2D eigenvalue weighted by molar-refractivity contribution is 9.09. The van der Waals surface area contributed by atoms with E-state index in [-0.39, 0.29) is 0 Å². The summed E-state index contributed by atoms with van der Waals surface area (Å²) in [6, 6.07) is 0. The van der Waals surface area contributed by atoms with Crippen LogP contribution in [0, 0.1) is 23.7 Å². The van der Waals surface area contributed by atoms with E-state index >= 15 is 0 Å². The highest BCUT2D eigenvalue weighted by atomic mass is 79.9. The lowest BCUT2D eigenvalue weighted by molar-refractivity contribution is 0.150. The molecule has 0 spiro atoms. The Bertz CT molecular complexity index is 267. The average molecular weight is 327 g/mol. The first kappa shape index (κ1) is 15.6. The van der Waals surface area contributed by atoms with Gasteiger partial charge in [0.2, 0.25) is 0 Å². The molecule has 0 heterocycles. The highest BCUT2D eigenvalue weighted by Gasteiger charge is 2.30. The number of hydrogen-bond acceptors (Lipinski definition) is 0. The summed E-state index contributed by atoms with van der Waals surface area (Å²) in [7, 11) is 0. The van der Waals surface area contributed by atoms with E-state index in [0.29, 0.717) is 0 Å². The molecule has 2 aliphatic carbocycles. The zero-order chi connectivity index (χ0) is 13.7. The summed E-state index contributed by atoms with van der Waals surface area (Å²) in [6.07, 6.45) is 14.7. The molecule has 0 aromatic carbocycles. The molecule has 0 atom stereocenters. The molecule has 0 amide bonds. The predicted octanol–water partition coefficient (Wildman–Crippen LogP) is 6.35. The van der Waals surface area contributed by atoms with E-state index in [2.05, 4.69) is 29.4 Å². The van der Waals surface area contributed by atoms with Gasteiger partial charge in [-0.05, 0) is 62.2 Å². The fraction of sp³-hybridized carbons (Fsp3) is 0.889. The molecule has 0 unspecified atom stereocenters. The van der Waals surface area contributed by atoms with Crippen molar-refractivity contribution in [2.75, 3.05) is 5.33 Å². The Kier molecular flexibility index (Phi) is 6.45. The van der Waals surface area contributed by atoms with Crippen LogP contribution in [0.3, 0.4) is 0 Å². The summed E-state index contributed by atoms with van der Waals surface area (Å²) in [6.45, 7) is 6.56. The number of hydrogen-bond donors (Lipinski definition) is 0. The van der Waals surface area contributed by atoms with Gasteiger partial charge in [-0.25, -0.2) is 0 Å². The molecule has 1 heteroatoms. The Balaban J connectivity index is 1.72. The lowest BCUT2D eigenvalue weighted by atomic mass is 9.68. The van der Waals surface area contributed by atoms with Crippen molar-refractivity contribution in [2.45, 2.75) is 71.1 Å². The Morgan fingerprint density at radius 1 is 0.947 bits per heavy atom. The molecule has 0 aliphatic heterocycles. The summed E-state index contributed by atoms with van der Waals surface area (Å²) in [5.74, 6) is 3.98. The van der Waals surface area contributed by atoms with Crippen molar-refractivity contribution in [3.05, 3.63) is 12.2 Å². The van der Waals surface area contributed by atoms with Crippen molar-refractivity contribution in [1.29, 1.82) is 0 Å². The van der Waals surface area contributed by atoms with Gasteiger partial charge in [0.05, 0.1) is 0 Å². The highest BCUT2D eigenvalue weighted by Crippen LogP contribution is 2.43. The minimum atomic E-state index is 0.812. The van der Waals surface area contributed by atoms with Crippen molar-refractivity contribution in [3.8, 4) is 0 Å². The van der Waals surface area contributed by atoms with Crippen LogP contribution in [0.1, 0.15) is 71.1 Å². The van der Waals surface area contributed by atoms with Crippen LogP contribution in [-0.2, 0) is 0 Å². The van der Waals surface area contributed by atoms with E-state index in [0.717, 1.165) is 29.0 Å². The van der Waals surface area contributed by atoms with Crippen molar-refractivity contribution in [3.63, 3.8) is 0 Å². The second-order valence-electron chi connectivity index (χ2n) is 6.97. The monoisotopic (exact) mass is 326 g/mol. The molecule has 2 fully saturated rings. The second kappa shape index (κ2) is 7.86. The van der Waals surface area contributed by atoms with Gasteiger partial charge in [0.15, 0.2) is 0 Å². The fourth-order valence-corrected chi connectivity index (χ4v) is 4.92. The van der Waals surface area contributed by atoms with Gasteiger partial charge in [-0.3, -0.25) is 0 Å². The molecular weight excluding hydrogens is 296 g/mol. The maximum atomic E-state index is 4.22. The van der Waals surface area contributed by atoms with E-state index in [9.17, 15) is 0 Å². The zero-order valence-corrected chi connectivity index (χ0v) is 14.3. The van der Waals surface area contributed by atoms with Crippen LogP contribution in [0.15, 0.2) is 12.2 Å². The van der Waals surface area contributed by atoms with Crippen LogP contribution in [0.4, 0.5) is 0 Å². The first-order valence-corrected chi connectivity index (χ1v) is 9.60. The van der Waals surface area contributed by atoms with Crippen molar-refractivity contribution in [1.82, 2.24) is 0 Å². The lowest BCUT2D eigenvalue weighted by Gasteiger charge is -2.38. The van der Waals surface area contributed by atoms with Gasteiger partial charge < -0.3 is 0 Å². The molecule has 0 radical (unpaired) electrons. The van der Waals surface area contributed by atoms with E-state index < -0.39 is 0 Å². The molecule has 0 bridgehead atoms. The largest absolute Gasteiger partial charge is 0.0987 e. The normalized spacial score (nSPS) is 36.1. The third-order valence-corrected chi connectivity index (χ3v) is 6.50. The van der Waals surface area contributed by atoms with Gasteiger partial charge >= 0.3 is 0 Å². The van der Waals surface area contributed by atoms with Gasteiger partial charge in [-0.1, -0.05) is 60.7 Å². The van der Waals surface area contributed by atoms with E-state index in [1.807, 2.05) is 0 Å². The Morgan fingerprint density at radius 2 is 1.47 bits per heavy atom. The van der Waals surface area contributed by atoms with Crippen molar-refractivity contribution in [2.24, 2.45) is 23.7 Å². The zero-order valence-electron chi connectivity index (χ0n) is 12.7. The standard InChI is InChI=1S/C18H31Br/c1-3-4-15-5-7-17(8-6-15)18-11-9-16(10-12-18)14(2)13-19/h15-18H,2-13H2,1H3. The number of halogens is 1. The maximum Gasteiger partial charge on any atom is 0.0241 e. The van der Waals surface area contributed by atoms with Crippen LogP contribution in [0.5, 0.6) is 0 Å². The van der Waals surface area contributed by atoms with E-state index in [1.54, 1.807) is 0 Å². The molecule has 0 saturated heterocycles. The smallest absolute Gasteiger partial charge is 0.0241 e. The lowest BCUT2D eigenvalue weighted by Crippen LogP contribution is -2.26. The molecule has 2 saturated carbocycles. The van der Waals surface area contributed by atoms with Gasteiger partial charge in [0, 0.05) is 5.33 Å². The molecular formula is C18H31Br. The Hall–Kier alpha value is 0.220. The summed E-state index contributed by atoms with van der Waals surface area (Å²) in [4.78, 5) is 0. The molecule has 110 valence electrons. The molecule has 2 aliphatic rings. The first-order chi connectivity index (χ1) is 9.24. The number of rotatable bonds is 5. The van der Waals surface area contributed by atoms with Gasteiger partial charge in [0.1, 0.15) is 0 Å². The SMILES string of the molecule is C=C(CBr)C1CCC(C2CCC(CCC)CC2)CC1. The van der Waals surface area contributed by atoms with Gasteiger partial charge in [0.25, 0.3) is 0 Å². The summed E-state index contributed by atoms with van der Waals surface area (Å²) in [5, 5.41) is 1.00. The van der Waals surface area contributed by atoms with Gasteiger partial charge in [-0.2, -0.15) is 0 Å². The molecule has 0 aromatic rings. The summed E-state index contributed by atoms with van der Waals surface area (Å²) >= 11 is 3.56. The quantitative estimate of drug-likeness (QED) is 0.408. The third-order valence-electron chi connectivity index (χ3n) is 5.78. The third kappa shape index (κ3) is 4.34. The first-order valence-electron chi connectivity index (χ1n) is 8.48. The minimum Gasteiger partial charge on any atom is -0.0987 e. The average Bonchev–Trinajstić information content (AvgIpc) is 2.48. The van der Waals surface area contributed by atoms with Crippen LogP contribution >= 0.6 is 15.9 Å². The number of alkyl halides is 1.